The summed E-state index contributed by atoms with van der Waals surface area (Å²) in [5.41, 5.74) is 0.668. The van der Waals surface area contributed by atoms with Crippen LogP contribution in [0.15, 0.2) is 6.07 Å². The molecule has 2 nitrogen and oxygen atoms in total. The van der Waals surface area contributed by atoms with Crippen LogP contribution >= 0.6 is 11.3 Å². The van der Waals surface area contributed by atoms with Gasteiger partial charge in [0.25, 0.3) is 0 Å². The van der Waals surface area contributed by atoms with Crippen LogP contribution in [0.5, 0.6) is 0 Å². The van der Waals surface area contributed by atoms with Gasteiger partial charge in [0.1, 0.15) is 0 Å². The van der Waals surface area contributed by atoms with Crippen molar-refractivity contribution >= 4 is 23.4 Å². The predicted octanol–water partition coefficient (Wildman–Crippen LogP) is 3.24. The Morgan fingerprint density at radius 2 is 2.13 bits per heavy atom. The van der Waals surface area contributed by atoms with Crippen LogP contribution < -0.4 is 0 Å². The van der Waals surface area contributed by atoms with E-state index in [9.17, 15) is 9.59 Å². The Kier molecular flexibility index (Phi) is 3.00. The van der Waals surface area contributed by atoms with Crippen molar-refractivity contribution in [2.24, 2.45) is 5.92 Å². The molecule has 1 aromatic rings. The number of carbonyl (C=O) groups excluding carboxylic acids is 2. The minimum atomic E-state index is 0.211. The summed E-state index contributed by atoms with van der Waals surface area (Å²) in [6.07, 6.45) is 5.21. The van der Waals surface area contributed by atoms with Crippen molar-refractivity contribution in [3.63, 3.8) is 0 Å². The van der Waals surface area contributed by atoms with E-state index < -0.39 is 0 Å². The molecule has 0 N–H and O–H groups in total. The van der Waals surface area contributed by atoms with Gasteiger partial charge in [-0.15, -0.1) is 11.3 Å². The molecule has 1 aliphatic rings. The Labute approximate surface area is 93.3 Å². The monoisotopic (exact) mass is 222 g/mol. The van der Waals surface area contributed by atoms with Crippen LogP contribution in [0.2, 0.25) is 0 Å². The molecule has 0 saturated heterocycles. The Morgan fingerprint density at radius 1 is 1.47 bits per heavy atom. The summed E-state index contributed by atoms with van der Waals surface area (Å²) in [4.78, 5) is 24.4. The van der Waals surface area contributed by atoms with E-state index in [1.165, 1.54) is 24.2 Å². The summed E-state index contributed by atoms with van der Waals surface area (Å²) in [6.45, 7) is 1.89. The van der Waals surface area contributed by atoms with E-state index in [0.717, 1.165) is 28.9 Å². The second-order valence-corrected chi connectivity index (χ2v) is 5.34. The van der Waals surface area contributed by atoms with Gasteiger partial charge in [0, 0.05) is 16.4 Å². The highest BCUT2D eigenvalue weighted by Gasteiger charge is 2.25. The highest BCUT2D eigenvalue weighted by molar-refractivity contribution is 7.14. The molecule has 1 heterocycles. The van der Waals surface area contributed by atoms with E-state index in [0.29, 0.717) is 5.56 Å². The molecule has 1 aliphatic carbocycles. The fourth-order valence-corrected chi connectivity index (χ4v) is 3.13. The summed E-state index contributed by atoms with van der Waals surface area (Å²) in [5.74, 6) is 0.455. The number of hydrogen-bond donors (Lipinski definition) is 0. The molecule has 2 rings (SSSR count). The maximum atomic E-state index is 12.0. The van der Waals surface area contributed by atoms with Gasteiger partial charge < -0.3 is 0 Å². The molecule has 0 radical (unpaired) electrons. The van der Waals surface area contributed by atoms with Gasteiger partial charge in [-0.3, -0.25) is 9.59 Å². The lowest BCUT2D eigenvalue weighted by molar-refractivity contribution is 0.0927. The van der Waals surface area contributed by atoms with Gasteiger partial charge in [0.15, 0.2) is 12.1 Å². The highest BCUT2D eigenvalue weighted by atomic mass is 32.1. The first-order valence-corrected chi connectivity index (χ1v) is 6.14. The van der Waals surface area contributed by atoms with E-state index in [4.69, 9.17) is 0 Å². The number of rotatable bonds is 3. The lowest BCUT2D eigenvalue weighted by Gasteiger charge is -2.04. The number of aldehydes is 1. The summed E-state index contributed by atoms with van der Waals surface area (Å²) in [7, 11) is 0. The van der Waals surface area contributed by atoms with Gasteiger partial charge in [-0.05, 0) is 25.8 Å². The van der Waals surface area contributed by atoms with E-state index in [2.05, 4.69) is 0 Å². The van der Waals surface area contributed by atoms with Crippen molar-refractivity contribution in [2.75, 3.05) is 0 Å². The zero-order chi connectivity index (χ0) is 10.8. The van der Waals surface area contributed by atoms with Gasteiger partial charge in [0.05, 0.1) is 4.88 Å². The van der Waals surface area contributed by atoms with Crippen molar-refractivity contribution in [3.05, 3.63) is 21.4 Å². The molecule has 0 atom stereocenters. The number of hydrogen-bond acceptors (Lipinski definition) is 3. The lowest BCUT2D eigenvalue weighted by Crippen LogP contribution is -2.08. The second-order valence-electron chi connectivity index (χ2n) is 4.09. The van der Waals surface area contributed by atoms with Gasteiger partial charge in [-0.1, -0.05) is 12.8 Å². The normalized spacial score (nSPS) is 16.9. The summed E-state index contributed by atoms with van der Waals surface area (Å²) < 4.78 is 0. The van der Waals surface area contributed by atoms with Crippen LogP contribution in [-0.2, 0) is 0 Å². The van der Waals surface area contributed by atoms with Gasteiger partial charge in [0.2, 0.25) is 0 Å². The van der Waals surface area contributed by atoms with Crippen molar-refractivity contribution < 1.29 is 9.59 Å². The number of aryl methyl sites for hydroxylation is 1. The topological polar surface area (TPSA) is 34.1 Å². The van der Waals surface area contributed by atoms with E-state index >= 15 is 0 Å². The van der Waals surface area contributed by atoms with E-state index in [-0.39, 0.29) is 11.7 Å². The molecule has 80 valence electrons. The Bertz CT molecular complexity index is 386. The van der Waals surface area contributed by atoms with Crippen molar-refractivity contribution in [3.8, 4) is 0 Å². The molecular formula is C12H14O2S. The fourth-order valence-electron chi connectivity index (χ4n) is 2.12. The summed E-state index contributed by atoms with van der Waals surface area (Å²) >= 11 is 1.45. The zero-order valence-corrected chi connectivity index (χ0v) is 9.60. The van der Waals surface area contributed by atoms with Crippen LogP contribution in [0.25, 0.3) is 0 Å². The minimum absolute atomic E-state index is 0.211. The second kappa shape index (κ2) is 4.27. The zero-order valence-electron chi connectivity index (χ0n) is 8.79. The van der Waals surface area contributed by atoms with Crippen molar-refractivity contribution in [1.29, 1.82) is 0 Å². The largest absolute Gasteiger partial charge is 0.298 e. The average molecular weight is 222 g/mol. The first-order chi connectivity index (χ1) is 7.22. The standard InChI is InChI=1S/C12H14O2S/c1-8-10(7-13)6-11(15-8)12(14)9-4-2-3-5-9/h6-7,9H,2-5H2,1H3. The van der Waals surface area contributed by atoms with Gasteiger partial charge in [-0.2, -0.15) is 0 Å². The molecule has 0 bridgehead atoms. The third-order valence-corrected chi connectivity index (χ3v) is 4.13. The van der Waals surface area contributed by atoms with E-state index in [1.807, 2.05) is 6.92 Å². The number of ketones is 1. The molecule has 0 unspecified atom stereocenters. The maximum absolute atomic E-state index is 12.0. The Balaban J connectivity index is 2.21. The summed E-state index contributed by atoms with van der Waals surface area (Å²) in [5, 5.41) is 0. The molecule has 1 fully saturated rings. The van der Waals surface area contributed by atoms with Crippen molar-refractivity contribution in [1.82, 2.24) is 0 Å². The first-order valence-electron chi connectivity index (χ1n) is 5.32. The third-order valence-electron chi connectivity index (χ3n) is 3.05. The fraction of sp³-hybridized carbons (Fsp3) is 0.500. The Hall–Kier alpha value is -0.960. The number of thiophene rings is 1. The van der Waals surface area contributed by atoms with Crippen LogP contribution in [0.4, 0.5) is 0 Å². The SMILES string of the molecule is Cc1sc(C(=O)C2CCCC2)cc1C=O. The molecule has 1 saturated carbocycles. The first kappa shape index (κ1) is 10.6. The number of Topliss-reactive ketones (excluding diaryl/α,β-unsaturated/α-hetero) is 1. The van der Waals surface area contributed by atoms with Gasteiger partial charge in [-0.25, -0.2) is 0 Å². The van der Waals surface area contributed by atoms with Crippen LogP contribution in [0.1, 0.15) is 50.6 Å². The molecule has 15 heavy (non-hydrogen) atoms. The maximum Gasteiger partial charge on any atom is 0.175 e. The van der Waals surface area contributed by atoms with Crippen LogP contribution in [0.3, 0.4) is 0 Å². The molecule has 0 aromatic carbocycles. The summed E-state index contributed by atoms with van der Waals surface area (Å²) in [6, 6.07) is 1.74. The van der Waals surface area contributed by atoms with Crippen LogP contribution in [0, 0.1) is 12.8 Å². The highest BCUT2D eigenvalue weighted by Crippen LogP contribution is 2.31. The average Bonchev–Trinajstić information content (AvgIpc) is 2.85. The van der Waals surface area contributed by atoms with Gasteiger partial charge >= 0.3 is 0 Å². The molecule has 0 spiro atoms. The molecular weight excluding hydrogens is 208 g/mol. The van der Waals surface area contributed by atoms with E-state index in [1.54, 1.807) is 6.07 Å². The van der Waals surface area contributed by atoms with Crippen LogP contribution in [-0.4, -0.2) is 12.1 Å². The molecule has 0 amide bonds. The minimum Gasteiger partial charge on any atom is -0.298 e. The Morgan fingerprint density at radius 3 is 2.67 bits per heavy atom. The molecule has 1 aromatic heterocycles. The lowest BCUT2D eigenvalue weighted by atomic mass is 10.0. The van der Waals surface area contributed by atoms with Crippen molar-refractivity contribution in [2.45, 2.75) is 32.6 Å². The third kappa shape index (κ3) is 2.02. The quantitative estimate of drug-likeness (QED) is 0.581. The molecule has 3 heteroatoms. The molecule has 0 aliphatic heterocycles. The predicted molar refractivity (Wildman–Crippen MR) is 60.7 cm³/mol. The number of carbonyl (C=O) groups is 2. The smallest absolute Gasteiger partial charge is 0.175 e.